The SMILES string of the molecule is CCc1cc(N(C)CC2CCCN(C)C2)c2ccccc2n1. The van der Waals surface area contributed by atoms with Gasteiger partial charge in [0.05, 0.1) is 5.52 Å². The fourth-order valence-electron chi connectivity index (χ4n) is 3.62. The Labute approximate surface area is 133 Å². The van der Waals surface area contributed by atoms with Crippen molar-refractivity contribution in [2.45, 2.75) is 26.2 Å². The van der Waals surface area contributed by atoms with Gasteiger partial charge in [-0.3, -0.25) is 4.98 Å². The number of anilines is 1. The van der Waals surface area contributed by atoms with E-state index in [1.807, 2.05) is 0 Å². The Morgan fingerprint density at radius 1 is 1.32 bits per heavy atom. The van der Waals surface area contributed by atoms with Crippen molar-refractivity contribution in [1.29, 1.82) is 0 Å². The van der Waals surface area contributed by atoms with Crippen molar-refractivity contribution in [2.75, 3.05) is 38.6 Å². The molecular formula is C19H27N3. The van der Waals surface area contributed by atoms with Gasteiger partial charge in [-0.25, -0.2) is 0 Å². The Bertz CT molecular complexity index is 638. The molecule has 22 heavy (non-hydrogen) atoms. The third-order valence-corrected chi connectivity index (χ3v) is 4.78. The Balaban J connectivity index is 1.87. The molecule has 1 atom stereocenters. The van der Waals surface area contributed by atoms with E-state index < -0.39 is 0 Å². The number of pyridine rings is 1. The zero-order valence-electron chi connectivity index (χ0n) is 14.0. The lowest BCUT2D eigenvalue weighted by Crippen LogP contribution is -2.38. The molecule has 3 heteroatoms. The van der Waals surface area contributed by atoms with Crippen LogP contribution in [0.15, 0.2) is 30.3 Å². The van der Waals surface area contributed by atoms with Crippen LogP contribution in [-0.2, 0) is 6.42 Å². The monoisotopic (exact) mass is 297 g/mol. The molecule has 1 aliphatic rings. The number of benzene rings is 1. The van der Waals surface area contributed by atoms with Crippen molar-refractivity contribution in [2.24, 2.45) is 5.92 Å². The van der Waals surface area contributed by atoms with Gasteiger partial charge in [-0.2, -0.15) is 0 Å². The van der Waals surface area contributed by atoms with Gasteiger partial charge in [0, 0.05) is 36.9 Å². The summed E-state index contributed by atoms with van der Waals surface area (Å²) in [6.07, 6.45) is 3.66. The van der Waals surface area contributed by atoms with Gasteiger partial charge in [-0.15, -0.1) is 0 Å². The second kappa shape index (κ2) is 6.66. The normalized spacial score (nSPS) is 19.5. The number of likely N-dealkylation sites (tertiary alicyclic amines) is 1. The van der Waals surface area contributed by atoms with Gasteiger partial charge in [0.25, 0.3) is 0 Å². The molecule has 0 bridgehead atoms. The Hall–Kier alpha value is -1.61. The van der Waals surface area contributed by atoms with Crippen LogP contribution in [0.3, 0.4) is 0 Å². The van der Waals surface area contributed by atoms with Crippen molar-refractivity contribution in [3.8, 4) is 0 Å². The van der Waals surface area contributed by atoms with Crippen molar-refractivity contribution in [1.82, 2.24) is 9.88 Å². The van der Waals surface area contributed by atoms with Gasteiger partial charge in [-0.1, -0.05) is 25.1 Å². The molecule has 1 aromatic carbocycles. The zero-order valence-corrected chi connectivity index (χ0v) is 14.0. The maximum atomic E-state index is 4.76. The van der Waals surface area contributed by atoms with Crippen molar-refractivity contribution >= 4 is 16.6 Å². The fourth-order valence-corrected chi connectivity index (χ4v) is 3.62. The highest BCUT2D eigenvalue weighted by Crippen LogP contribution is 2.28. The van der Waals surface area contributed by atoms with Crippen molar-refractivity contribution < 1.29 is 0 Å². The van der Waals surface area contributed by atoms with E-state index in [1.165, 1.54) is 42.7 Å². The molecule has 2 aromatic rings. The molecule has 3 rings (SSSR count). The third-order valence-electron chi connectivity index (χ3n) is 4.78. The number of fused-ring (bicyclic) bond motifs is 1. The summed E-state index contributed by atoms with van der Waals surface area (Å²) in [5.74, 6) is 0.765. The summed E-state index contributed by atoms with van der Waals surface area (Å²) in [7, 11) is 4.47. The lowest BCUT2D eigenvalue weighted by Gasteiger charge is -2.33. The Kier molecular flexibility index (Phi) is 4.63. The maximum Gasteiger partial charge on any atom is 0.0726 e. The van der Waals surface area contributed by atoms with Gasteiger partial charge in [-0.05, 0) is 50.9 Å². The van der Waals surface area contributed by atoms with E-state index in [1.54, 1.807) is 0 Å². The standard InChI is InChI=1S/C19H27N3/c1-4-16-12-19(17-9-5-6-10-18(17)20-16)22(3)14-15-8-7-11-21(2)13-15/h5-6,9-10,12,15H,4,7-8,11,13-14H2,1-3H3. The predicted octanol–water partition coefficient (Wildman–Crippen LogP) is 3.58. The molecule has 0 spiro atoms. The first-order valence-electron chi connectivity index (χ1n) is 8.45. The summed E-state index contributed by atoms with van der Waals surface area (Å²) in [6.45, 7) is 5.77. The molecule has 0 saturated carbocycles. The highest BCUT2D eigenvalue weighted by Gasteiger charge is 2.19. The maximum absolute atomic E-state index is 4.76. The van der Waals surface area contributed by atoms with Gasteiger partial charge < -0.3 is 9.80 Å². The number of aromatic nitrogens is 1. The molecule has 118 valence electrons. The summed E-state index contributed by atoms with van der Waals surface area (Å²) in [5, 5.41) is 1.27. The minimum Gasteiger partial charge on any atom is -0.374 e. The van der Waals surface area contributed by atoms with E-state index >= 15 is 0 Å². The molecule has 1 saturated heterocycles. The van der Waals surface area contributed by atoms with Crippen LogP contribution in [0.25, 0.3) is 10.9 Å². The first-order valence-corrected chi connectivity index (χ1v) is 8.45. The second-order valence-electron chi connectivity index (χ2n) is 6.65. The number of hydrogen-bond donors (Lipinski definition) is 0. The third kappa shape index (κ3) is 3.25. The molecule has 1 aromatic heterocycles. The van der Waals surface area contributed by atoms with Crippen LogP contribution in [0.4, 0.5) is 5.69 Å². The highest BCUT2D eigenvalue weighted by molar-refractivity contribution is 5.91. The molecule has 1 unspecified atom stereocenters. The van der Waals surface area contributed by atoms with Crippen LogP contribution >= 0.6 is 0 Å². The number of aryl methyl sites for hydroxylation is 1. The Morgan fingerprint density at radius 3 is 2.91 bits per heavy atom. The van der Waals surface area contributed by atoms with Crippen LogP contribution in [0, 0.1) is 5.92 Å². The molecular weight excluding hydrogens is 270 g/mol. The topological polar surface area (TPSA) is 19.4 Å². The predicted molar refractivity (Wildman–Crippen MR) is 94.6 cm³/mol. The van der Waals surface area contributed by atoms with E-state index in [0.29, 0.717) is 0 Å². The first-order chi connectivity index (χ1) is 10.7. The van der Waals surface area contributed by atoms with E-state index in [9.17, 15) is 0 Å². The van der Waals surface area contributed by atoms with Crippen molar-refractivity contribution in [3.05, 3.63) is 36.0 Å². The summed E-state index contributed by atoms with van der Waals surface area (Å²) in [5.41, 5.74) is 3.63. The summed E-state index contributed by atoms with van der Waals surface area (Å²) in [4.78, 5) is 9.66. The smallest absolute Gasteiger partial charge is 0.0726 e. The average molecular weight is 297 g/mol. The highest BCUT2D eigenvalue weighted by atomic mass is 15.1. The summed E-state index contributed by atoms with van der Waals surface area (Å²) < 4.78 is 0. The van der Waals surface area contributed by atoms with Crippen molar-refractivity contribution in [3.63, 3.8) is 0 Å². The van der Waals surface area contributed by atoms with E-state index in [4.69, 9.17) is 4.98 Å². The van der Waals surface area contributed by atoms with Gasteiger partial charge in [0.1, 0.15) is 0 Å². The largest absolute Gasteiger partial charge is 0.374 e. The van der Waals surface area contributed by atoms with Crippen LogP contribution in [0.1, 0.15) is 25.5 Å². The number of rotatable bonds is 4. The van der Waals surface area contributed by atoms with Crippen LogP contribution in [0.5, 0.6) is 0 Å². The van der Waals surface area contributed by atoms with Gasteiger partial charge in [0.2, 0.25) is 0 Å². The van der Waals surface area contributed by atoms with Gasteiger partial charge >= 0.3 is 0 Å². The fraction of sp³-hybridized carbons (Fsp3) is 0.526. The lowest BCUT2D eigenvalue weighted by atomic mass is 9.97. The van der Waals surface area contributed by atoms with Crippen LogP contribution in [0.2, 0.25) is 0 Å². The molecule has 3 nitrogen and oxygen atoms in total. The molecule has 0 aliphatic carbocycles. The summed E-state index contributed by atoms with van der Waals surface area (Å²) in [6, 6.07) is 10.8. The number of hydrogen-bond acceptors (Lipinski definition) is 3. The lowest BCUT2D eigenvalue weighted by molar-refractivity contribution is 0.213. The molecule has 1 aliphatic heterocycles. The molecule has 1 fully saturated rings. The second-order valence-corrected chi connectivity index (χ2v) is 6.65. The van der Waals surface area contributed by atoms with E-state index in [2.05, 4.69) is 61.2 Å². The first kappa shape index (κ1) is 15.3. The molecule has 2 heterocycles. The number of nitrogens with zero attached hydrogens (tertiary/aromatic N) is 3. The minimum atomic E-state index is 0.765. The average Bonchev–Trinajstić information content (AvgIpc) is 2.53. The van der Waals surface area contributed by atoms with Crippen LogP contribution < -0.4 is 4.90 Å². The van der Waals surface area contributed by atoms with E-state index in [-0.39, 0.29) is 0 Å². The molecule has 0 amide bonds. The van der Waals surface area contributed by atoms with Crippen LogP contribution in [-0.4, -0.2) is 43.6 Å². The number of para-hydroxylation sites is 1. The Morgan fingerprint density at radius 2 is 2.14 bits per heavy atom. The molecule has 0 radical (unpaired) electrons. The number of piperidine rings is 1. The van der Waals surface area contributed by atoms with E-state index in [0.717, 1.165) is 24.4 Å². The minimum absolute atomic E-state index is 0.765. The molecule has 0 N–H and O–H groups in total. The quantitative estimate of drug-likeness (QED) is 0.860. The summed E-state index contributed by atoms with van der Waals surface area (Å²) >= 11 is 0. The van der Waals surface area contributed by atoms with Gasteiger partial charge in [0.15, 0.2) is 0 Å². The zero-order chi connectivity index (χ0) is 15.5.